The van der Waals surface area contributed by atoms with Gasteiger partial charge in [-0.15, -0.1) is 11.8 Å². The summed E-state index contributed by atoms with van der Waals surface area (Å²) in [6.45, 7) is 5.19. The second kappa shape index (κ2) is 14.8. The van der Waals surface area contributed by atoms with E-state index in [0.29, 0.717) is 19.6 Å². The van der Waals surface area contributed by atoms with E-state index in [-0.39, 0.29) is 19.1 Å². The molecule has 3 aromatic carbocycles. The molecule has 0 bridgehead atoms. The van der Waals surface area contributed by atoms with Gasteiger partial charge in [0.25, 0.3) is 0 Å². The van der Waals surface area contributed by atoms with E-state index in [2.05, 4.69) is 95.3 Å². The van der Waals surface area contributed by atoms with Crippen LogP contribution >= 0.6 is 11.8 Å². The Hall–Kier alpha value is -3.55. The van der Waals surface area contributed by atoms with Crippen molar-refractivity contribution in [2.75, 3.05) is 38.5 Å². The number of alkyl carbamates (subject to hydrolysis) is 1. The highest BCUT2D eigenvalue weighted by atomic mass is 32.2. The molecule has 2 amide bonds. The number of amides is 2. The van der Waals surface area contributed by atoms with Crippen molar-refractivity contribution in [3.63, 3.8) is 0 Å². The molecule has 0 aromatic heterocycles. The van der Waals surface area contributed by atoms with Gasteiger partial charge in [-0.2, -0.15) is 0 Å². The average Bonchev–Trinajstić information content (AvgIpc) is 2.93. The number of hydrogen-bond donors (Lipinski definition) is 3. The van der Waals surface area contributed by atoms with Gasteiger partial charge in [0, 0.05) is 25.4 Å². The third-order valence-corrected chi connectivity index (χ3v) is 7.02. The molecule has 188 valence electrons. The number of carbonyl (C=O) groups is 2. The summed E-state index contributed by atoms with van der Waals surface area (Å²) < 4.78 is 4.43. The van der Waals surface area contributed by atoms with Gasteiger partial charge in [-0.25, -0.2) is 4.79 Å². The Morgan fingerprint density at radius 2 is 1.31 bits per heavy atom. The highest BCUT2D eigenvalue weighted by Gasteiger charge is 2.36. The van der Waals surface area contributed by atoms with E-state index >= 15 is 0 Å². The van der Waals surface area contributed by atoms with Crippen LogP contribution in [0.3, 0.4) is 0 Å². The van der Waals surface area contributed by atoms with E-state index in [1.165, 1.54) is 22.8 Å². The summed E-state index contributed by atoms with van der Waals surface area (Å²) in [7, 11) is 0. The summed E-state index contributed by atoms with van der Waals surface area (Å²) in [5.41, 5.74) is 3.58. The molecule has 0 radical (unpaired) electrons. The zero-order chi connectivity index (χ0) is 25.5. The molecule has 0 atom stereocenters. The van der Waals surface area contributed by atoms with Crippen LogP contribution in [0.5, 0.6) is 0 Å². The molecule has 36 heavy (non-hydrogen) atoms. The van der Waals surface area contributed by atoms with Crippen LogP contribution in [0.4, 0.5) is 4.79 Å². The van der Waals surface area contributed by atoms with Gasteiger partial charge in [0.1, 0.15) is 6.61 Å². The molecule has 0 spiro atoms. The van der Waals surface area contributed by atoms with Crippen LogP contribution in [0.2, 0.25) is 0 Å². The van der Waals surface area contributed by atoms with Crippen LogP contribution < -0.4 is 16.0 Å². The minimum Gasteiger partial charge on any atom is -0.445 e. The Balaban J connectivity index is 1.58. The number of hydrogen-bond acceptors (Lipinski definition) is 5. The molecule has 0 aliphatic rings. The number of rotatable bonds is 14. The van der Waals surface area contributed by atoms with E-state index in [9.17, 15) is 9.59 Å². The molecular weight excluding hydrogens is 470 g/mol. The van der Waals surface area contributed by atoms with Crippen molar-refractivity contribution < 1.29 is 14.3 Å². The molecule has 6 nitrogen and oxygen atoms in total. The van der Waals surface area contributed by atoms with Crippen LogP contribution in [0.1, 0.15) is 16.7 Å². The fourth-order valence-electron chi connectivity index (χ4n) is 3.87. The number of nitrogens with one attached hydrogen (secondary N) is 3. The molecule has 0 aliphatic carbocycles. The number of carbonyl (C=O) groups excluding carboxylic acids is 2. The summed E-state index contributed by atoms with van der Waals surface area (Å²) in [6.07, 6.45) is 1.00. The molecule has 0 aliphatic heterocycles. The lowest BCUT2D eigenvalue weighted by Crippen LogP contribution is -2.39. The van der Waals surface area contributed by atoms with Gasteiger partial charge in [0.05, 0.1) is 11.3 Å². The highest BCUT2D eigenvalue weighted by molar-refractivity contribution is 8.00. The Labute approximate surface area is 217 Å². The lowest BCUT2D eigenvalue weighted by atomic mass is 9.84. The molecule has 0 heterocycles. The maximum absolute atomic E-state index is 12.3. The second-order valence-electron chi connectivity index (χ2n) is 7.97. The van der Waals surface area contributed by atoms with E-state index in [0.717, 1.165) is 5.75 Å². The zero-order valence-corrected chi connectivity index (χ0v) is 21.1. The Bertz CT molecular complexity index is 982. The minimum absolute atomic E-state index is 0.0884. The summed E-state index contributed by atoms with van der Waals surface area (Å²) in [6, 6.07) is 31.5. The smallest absolute Gasteiger partial charge is 0.407 e. The Morgan fingerprint density at radius 1 is 0.778 bits per heavy atom. The Morgan fingerprint density at radius 3 is 1.81 bits per heavy atom. The first-order valence-electron chi connectivity index (χ1n) is 12.0. The van der Waals surface area contributed by atoms with Gasteiger partial charge in [-0.05, 0) is 16.7 Å². The number of benzene rings is 3. The van der Waals surface area contributed by atoms with Crippen molar-refractivity contribution in [3.8, 4) is 0 Å². The topological polar surface area (TPSA) is 79.5 Å². The fraction of sp³-hybridized carbons (Fsp3) is 0.241. The van der Waals surface area contributed by atoms with Crippen molar-refractivity contribution in [2.45, 2.75) is 4.75 Å². The van der Waals surface area contributed by atoms with Crippen LogP contribution in [0.15, 0.2) is 104 Å². The number of ether oxygens (including phenoxy) is 1. The van der Waals surface area contributed by atoms with Crippen molar-refractivity contribution in [1.82, 2.24) is 16.0 Å². The third kappa shape index (κ3) is 7.73. The van der Waals surface area contributed by atoms with E-state index in [1.54, 1.807) is 0 Å². The maximum Gasteiger partial charge on any atom is 0.407 e. The lowest BCUT2D eigenvalue weighted by Gasteiger charge is -2.35. The maximum atomic E-state index is 12.3. The molecule has 0 saturated carbocycles. The number of thioether (sulfide) groups is 1. The van der Waals surface area contributed by atoms with E-state index < -0.39 is 10.8 Å². The van der Waals surface area contributed by atoms with Gasteiger partial charge >= 0.3 is 6.09 Å². The molecular formula is C29H33N3O3S. The van der Waals surface area contributed by atoms with Crippen molar-refractivity contribution in [1.29, 1.82) is 0 Å². The SMILES string of the molecule is C=CCOC(=O)NCCNCC(=O)NCCSC(c1ccccc1)(c1ccccc1)c1ccccc1. The molecule has 3 aromatic rings. The van der Waals surface area contributed by atoms with Gasteiger partial charge in [0.15, 0.2) is 0 Å². The normalized spacial score (nSPS) is 10.9. The van der Waals surface area contributed by atoms with Crippen molar-refractivity contribution >= 4 is 23.8 Å². The molecule has 3 rings (SSSR count). The van der Waals surface area contributed by atoms with Crippen LogP contribution in [-0.4, -0.2) is 50.5 Å². The first-order valence-corrected chi connectivity index (χ1v) is 12.9. The van der Waals surface area contributed by atoms with Crippen molar-refractivity contribution in [2.24, 2.45) is 0 Å². The van der Waals surface area contributed by atoms with Crippen LogP contribution in [0, 0.1) is 0 Å². The second-order valence-corrected chi connectivity index (χ2v) is 9.28. The summed E-state index contributed by atoms with van der Waals surface area (Å²) >= 11 is 1.81. The fourth-order valence-corrected chi connectivity index (χ4v) is 5.28. The first kappa shape index (κ1) is 27.0. The first-order chi connectivity index (χ1) is 17.7. The van der Waals surface area contributed by atoms with Gasteiger partial charge in [0.2, 0.25) is 5.91 Å². The quantitative estimate of drug-likeness (QED) is 0.173. The van der Waals surface area contributed by atoms with E-state index in [1.807, 2.05) is 30.0 Å². The molecule has 0 unspecified atom stereocenters. The lowest BCUT2D eigenvalue weighted by molar-refractivity contribution is -0.120. The van der Waals surface area contributed by atoms with E-state index in [4.69, 9.17) is 4.74 Å². The predicted octanol–water partition coefficient (Wildman–Crippen LogP) is 4.33. The van der Waals surface area contributed by atoms with Gasteiger partial charge in [-0.1, -0.05) is 104 Å². The standard InChI is InChI=1S/C29H33N3O3S/c1-2-21-35-28(34)32-19-18-30-23-27(33)31-20-22-36-29(24-12-6-3-7-13-24,25-14-8-4-9-15-25)26-16-10-5-11-17-26/h2-17,30H,1,18-23H2,(H,31,33)(H,32,34). The molecule has 0 saturated heterocycles. The largest absolute Gasteiger partial charge is 0.445 e. The third-order valence-electron chi connectivity index (χ3n) is 5.47. The summed E-state index contributed by atoms with van der Waals surface area (Å²) in [4.78, 5) is 23.7. The van der Waals surface area contributed by atoms with Gasteiger partial charge in [-0.3, -0.25) is 4.79 Å². The molecule has 3 N–H and O–H groups in total. The zero-order valence-electron chi connectivity index (χ0n) is 20.3. The van der Waals surface area contributed by atoms with Crippen molar-refractivity contribution in [3.05, 3.63) is 120 Å². The molecule has 7 heteroatoms. The monoisotopic (exact) mass is 503 g/mol. The van der Waals surface area contributed by atoms with Crippen LogP contribution in [-0.2, 0) is 14.3 Å². The van der Waals surface area contributed by atoms with Crippen LogP contribution in [0.25, 0.3) is 0 Å². The minimum atomic E-state index is -0.503. The summed E-state index contributed by atoms with van der Waals surface area (Å²) in [5, 5.41) is 8.61. The highest BCUT2D eigenvalue weighted by Crippen LogP contribution is 2.48. The predicted molar refractivity (Wildman–Crippen MR) is 147 cm³/mol. The van der Waals surface area contributed by atoms with Gasteiger partial charge < -0.3 is 20.7 Å². The molecule has 0 fully saturated rings. The Kier molecular flexibility index (Phi) is 11.1. The average molecular weight is 504 g/mol. The summed E-state index contributed by atoms with van der Waals surface area (Å²) in [5.74, 6) is 0.635.